The van der Waals surface area contributed by atoms with E-state index in [-0.39, 0.29) is 0 Å². The first-order chi connectivity index (χ1) is 10.2. The summed E-state index contributed by atoms with van der Waals surface area (Å²) in [5, 5.41) is 7.55. The van der Waals surface area contributed by atoms with Crippen LogP contribution < -0.4 is 5.32 Å². The lowest BCUT2D eigenvalue weighted by molar-refractivity contribution is 0.178. The number of aromatic nitrogens is 2. The predicted molar refractivity (Wildman–Crippen MR) is 88.4 cm³/mol. The van der Waals surface area contributed by atoms with Crippen LogP contribution in [0.4, 0.5) is 0 Å². The first-order valence-electron chi connectivity index (χ1n) is 7.69. The molecule has 0 spiro atoms. The number of nitrogens with one attached hydrogen (secondary N) is 1. The van der Waals surface area contributed by atoms with Crippen molar-refractivity contribution < 1.29 is 0 Å². The molecule has 3 rings (SSSR count). The molecule has 4 nitrogen and oxygen atoms in total. The molecule has 0 aromatic carbocycles. The normalized spacial score (nSPS) is 17.4. The van der Waals surface area contributed by atoms with E-state index in [1.165, 1.54) is 41.2 Å². The molecule has 0 amide bonds. The number of hydrogen-bond acceptors (Lipinski definition) is 4. The molecule has 3 heterocycles. The van der Waals surface area contributed by atoms with Gasteiger partial charge in [0.1, 0.15) is 0 Å². The van der Waals surface area contributed by atoms with Gasteiger partial charge in [0.15, 0.2) is 0 Å². The van der Waals surface area contributed by atoms with E-state index in [0.29, 0.717) is 0 Å². The molecule has 0 saturated carbocycles. The minimum absolute atomic E-state index is 0.862. The average molecular weight is 304 g/mol. The van der Waals surface area contributed by atoms with E-state index in [4.69, 9.17) is 0 Å². The second-order valence-corrected chi connectivity index (χ2v) is 7.11. The zero-order chi connectivity index (χ0) is 14.7. The molecule has 2 aromatic rings. The lowest BCUT2D eigenvalue weighted by atomic mass is 9.97. The molecule has 0 radical (unpaired) electrons. The summed E-state index contributed by atoms with van der Waals surface area (Å²) in [6.07, 6.45) is 6.67. The molecular formula is C16H24N4S. The first-order valence-corrected chi connectivity index (χ1v) is 8.51. The van der Waals surface area contributed by atoms with Crippen molar-refractivity contribution in [3.8, 4) is 10.4 Å². The molecular weight excluding hydrogens is 280 g/mol. The van der Waals surface area contributed by atoms with Crippen molar-refractivity contribution in [3.63, 3.8) is 0 Å². The maximum atomic E-state index is 4.25. The topological polar surface area (TPSA) is 33.1 Å². The third-order valence-electron chi connectivity index (χ3n) is 4.23. The van der Waals surface area contributed by atoms with Gasteiger partial charge >= 0.3 is 0 Å². The van der Waals surface area contributed by atoms with Crippen molar-refractivity contribution in [1.29, 1.82) is 0 Å². The molecule has 21 heavy (non-hydrogen) atoms. The fourth-order valence-electron chi connectivity index (χ4n) is 3.02. The molecule has 1 saturated heterocycles. The molecule has 1 N–H and O–H groups in total. The van der Waals surface area contributed by atoms with Crippen molar-refractivity contribution in [3.05, 3.63) is 29.4 Å². The van der Waals surface area contributed by atoms with Gasteiger partial charge in [-0.05, 0) is 57.6 Å². The zero-order valence-electron chi connectivity index (χ0n) is 12.9. The standard InChI is InChI=1S/C16H24N4S/c1-17-9-13-5-7-20(8-6-13)12-15-3-4-16(21-15)14-10-18-19(2)11-14/h3-4,10-11,13,17H,5-9,12H2,1-2H3. The minimum Gasteiger partial charge on any atom is -0.319 e. The highest BCUT2D eigenvalue weighted by Gasteiger charge is 2.19. The third-order valence-corrected chi connectivity index (χ3v) is 5.35. The second-order valence-electron chi connectivity index (χ2n) is 5.95. The highest BCUT2D eigenvalue weighted by molar-refractivity contribution is 7.15. The maximum absolute atomic E-state index is 4.25. The van der Waals surface area contributed by atoms with Gasteiger partial charge in [-0.3, -0.25) is 9.58 Å². The van der Waals surface area contributed by atoms with Gasteiger partial charge < -0.3 is 5.32 Å². The van der Waals surface area contributed by atoms with E-state index in [1.54, 1.807) is 0 Å². The Kier molecular flexibility index (Phi) is 4.73. The summed E-state index contributed by atoms with van der Waals surface area (Å²) in [4.78, 5) is 5.37. The number of nitrogens with zero attached hydrogens (tertiary/aromatic N) is 3. The van der Waals surface area contributed by atoms with Gasteiger partial charge in [-0.25, -0.2) is 0 Å². The van der Waals surface area contributed by atoms with E-state index in [2.05, 4.69) is 40.7 Å². The number of hydrogen-bond donors (Lipinski definition) is 1. The Balaban J connectivity index is 1.56. The Morgan fingerprint density at radius 3 is 2.81 bits per heavy atom. The van der Waals surface area contributed by atoms with Crippen LogP contribution in [-0.2, 0) is 13.6 Å². The van der Waals surface area contributed by atoms with Gasteiger partial charge in [-0.2, -0.15) is 5.10 Å². The molecule has 5 heteroatoms. The summed E-state index contributed by atoms with van der Waals surface area (Å²) in [5.41, 5.74) is 1.22. The van der Waals surface area contributed by atoms with Crippen LogP contribution in [0.2, 0.25) is 0 Å². The molecule has 1 aliphatic heterocycles. The number of thiophene rings is 1. The van der Waals surface area contributed by atoms with Crippen LogP contribution >= 0.6 is 11.3 Å². The highest BCUT2D eigenvalue weighted by Crippen LogP contribution is 2.29. The molecule has 1 fully saturated rings. The SMILES string of the molecule is CNCC1CCN(Cc2ccc(-c3cnn(C)c3)s2)CC1. The van der Waals surface area contributed by atoms with Gasteiger partial charge in [-0.1, -0.05) is 0 Å². The quantitative estimate of drug-likeness (QED) is 0.921. The van der Waals surface area contributed by atoms with Crippen molar-refractivity contribution >= 4 is 11.3 Å². The van der Waals surface area contributed by atoms with Gasteiger partial charge in [0.2, 0.25) is 0 Å². The summed E-state index contributed by atoms with van der Waals surface area (Å²) in [6, 6.07) is 4.50. The van der Waals surface area contributed by atoms with E-state index >= 15 is 0 Å². The number of rotatable bonds is 5. The summed E-state index contributed by atoms with van der Waals surface area (Å²) in [6.45, 7) is 4.72. The fourth-order valence-corrected chi connectivity index (χ4v) is 4.05. The Labute approximate surface area is 130 Å². The Morgan fingerprint density at radius 1 is 1.33 bits per heavy atom. The predicted octanol–water partition coefficient (Wildman–Crippen LogP) is 2.58. The van der Waals surface area contributed by atoms with Gasteiger partial charge in [-0.15, -0.1) is 11.3 Å². The van der Waals surface area contributed by atoms with Crippen LogP contribution in [0.25, 0.3) is 10.4 Å². The summed E-state index contributed by atoms with van der Waals surface area (Å²) in [7, 11) is 4.02. The smallest absolute Gasteiger partial charge is 0.0576 e. The summed E-state index contributed by atoms with van der Waals surface area (Å²) < 4.78 is 1.86. The lowest BCUT2D eigenvalue weighted by Gasteiger charge is -2.31. The van der Waals surface area contributed by atoms with E-state index in [0.717, 1.165) is 19.0 Å². The molecule has 0 bridgehead atoms. The average Bonchev–Trinajstić information content (AvgIpc) is 3.10. The van der Waals surface area contributed by atoms with Crippen molar-refractivity contribution in [1.82, 2.24) is 20.0 Å². The number of aryl methyl sites for hydroxylation is 1. The van der Waals surface area contributed by atoms with Crippen molar-refractivity contribution in [2.75, 3.05) is 26.7 Å². The molecule has 2 aromatic heterocycles. The maximum Gasteiger partial charge on any atom is 0.0576 e. The largest absolute Gasteiger partial charge is 0.319 e. The molecule has 0 unspecified atom stereocenters. The fraction of sp³-hybridized carbons (Fsp3) is 0.562. The van der Waals surface area contributed by atoms with Crippen molar-refractivity contribution in [2.24, 2.45) is 13.0 Å². The highest BCUT2D eigenvalue weighted by atomic mass is 32.1. The monoisotopic (exact) mass is 304 g/mol. The van der Waals surface area contributed by atoms with E-state index in [9.17, 15) is 0 Å². The van der Waals surface area contributed by atoms with Crippen LogP contribution in [0.3, 0.4) is 0 Å². The van der Waals surface area contributed by atoms with Crippen molar-refractivity contribution in [2.45, 2.75) is 19.4 Å². The van der Waals surface area contributed by atoms with Crippen LogP contribution in [0.1, 0.15) is 17.7 Å². The van der Waals surface area contributed by atoms with E-state index < -0.39 is 0 Å². The summed E-state index contributed by atoms with van der Waals surface area (Å²) >= 11 is 1.90. The molecule has 1 aliphatic rings. The Morgan fingerprint density at radius 2 is 2.14 bits per heavy atom. The zero-order valence-corrected chi connectivity index (χ0v) is 13.7. The molecule has 114 valence electrons. The molecule has 0 aliphatic carbocycles. The number of piperidine rings is 1. The van der Waals surface area contributed by atoms with Crippen LogP contribution in [0, 0.1) is 5.92 Å². The minimum atomic E-state index is 0.862. The molecule has 0 atom stereocenters. The first kappa shape index (κ1) is 14.8. The van der Waals surface area contributed by atoms with Crippen LogP contribution in [-0.4, -0.2) is 41.4 Å². The van der Waals surface area contributed by atoms with Crippen LogP contribution in [0.5, 0.6) is 0 Å². The van der Waals surface area contributed by atoms with Gasteiger partial charge in [0, 0.05) is 35.1 Å². The Hall–Kier alpha value is -1.17. The number of likely N-dealkylation sites (tertiary alicyclic amines) is 1. The third kappa shape index (κ3) is 3.73. The van der Waals surface area contributed by atoms with Crippen LogP contribution in [0.15, 0.2) is 24.5 Å². The van der Waals surface area contributed by atoms with Gasteiger partial charge in [0.05, 0.1) is 6.20 Å². The van der Waals surface area contributed by atoms with E-state index in [1.807, 2.05) is 29.3 Å². The Bertz CT molecular complexity index is 566. The lowest BCUT2D eigenvalue weighted by Crippen LogP contribution is -2.36. The summed E-state index contributed by atoms with van der Waals surface area (Å²) in [5.74, 6) is 0.862. The second kappa shape index (κ2) is 6.73. The van der Waals surface area contributed by atoms with Gasteiger partial charge in [0.25, 0.3) is 0 Å².